The second-order valence-electron chi connectivity index (χ2n) is 4.27. The lowest BCUT2D eigenvalue weighted by Crippen LogP contribution is -1.99. The fourth-order valence-corrected chi connectivity index (χ4v) is 1.81. The lowest BCUT2D eigenvalue weighted by Gasteiger charge is -2.02. The van der Waals surface area contributed by atoms with Crippen LogP contribution in [-0.4, -0.2) is 20.2 Å². The minimum absolute atomic E-state index is 0.217. The number of anilines is 1. The molecule has 0 spiro atoms. The Hall–Kier alpha value is -2.60. The Labute approximate surface area is 125 Å². The Morgan fingerprint density at radius 1 is 1.14 bits per heavy atom. The van der Waals surface area contributed by atoms with Gasteiger partial charge in [-0.2, -0.15) is 4.98 Å². The number of nitrogens with one attached hydrogen (secondary N) is 1. The van der Waals surface area contributed by atoms with Gasteiger partial charge in [0.2, 0.25) is 11.7 Å². The smallest absolute Gasteiger partial charge is 0.246 e. The molecule has 0 saturated carbocycles. The van der Waals surface area contributed by atoms with E-state index in [1.165, 1.54) is 6.20 Å². The molecule has 0 unspecified atom stereocenters. The van der Waals surface area contributed by atoms with E-state index < -0.39 is 0 Å². The third-order valence-electron chi connectivity index (χ3n) is 2.74. The maximum absolute atomic E-state index is 9.21. The number of pyridine rings is 1. The summed E-state index contributed by atoms with van der Waals surface area (Å²) in [6.45, 7) is 0.380. The molecule has 3 rings (SSSR count). The van der Waals surface area contributed by atoms with Crippen LogP contribution >= 0.6 is 11.6 Å². The number of rotatable bonds is 4. The molecule has 0 amide bonds. The topological polar surface area (TPSA) is 84.1 Å². The third-order valence-corrected chi connectivity index (χ3v) is 2.96. The summed E-state index contributed by atoms with van der Waals surface area (Å²) in [7, 11) is 0. The number of phenolic OH excluding ortho intramolecular Hbond substituents is 1. The van der Waals surface area contributed by atoms with Crippen molar-refractivity contribution in [3.05, 3.63) is 53.5 Å². The molecule has 0 fully saturated rings. The average Bonchev–Trinajstić information content (AvgIpc) is 2.96. The Bertz CT molecular complexity index is 725. The van der Waals surface area contributed by atoms with E-state index in [1.807, 2.05) is 0 Å². The largest absolute Gasteiger partial charge is 0.508 e. The van der Waals surface area contributed by atoms with Gasteiger partial charge in [-0.25, -0.2) is 0 Å². The summed E-state index contributed by atoms with van der Waals surface area (Å²) < 4.78 is 5.15. The molecule has 2 N–H and O–H groups in total. The summed E-state index contributed by atoms with van der Waals surface area (Å²) in [5.41, 5.74) is 1.44. The van der Waals surface area contributed by atoms with E-state index in [2.05, 4.69) is 20.4 Å². The predicted molar refractivity (Wildman–Crippen MR) is 78.0 cm³/mol. The van der Waals surface area contributed by atoms with Crippen molar-refractivity contribution in [3.63, 3.8) is 0 Å². The molecule has 3 aromatic rings. The van der Waals surface area contributed by atoms with E-state index >= 15 is 0 Å². The summed E-state index contributed by atoms with van der Waals surface area (Å²) in [4.78, 5) is 8.37. The fourth-order valence-electron chi connectivity index (χ4n) is 1.70. The van der Waals surface area contributed by atoms with Crippen molar-refractivity contribution >= 4 is 17.3 Å². The molecule has 0 saturated heterocycles. The molecule has 0 bridgehead atoms. The predicted octanol–water partition coefficient (Wildman–Crippen LogP) is 3.10. The summed E-state index contributed by atoms with van der Waals surface area (Å²) in [6.07, 6.45) is 1.53. The molecule has 21 heavy (non-hydrogen) atoms. The molecule has 0 atom stereocenters. The summed E-state index contributed by atoms with van der Waals surface area (Å²) in [5.74, 6) is 1.07. The Kier molecular flexibility index (Phi) is 3.70. The van der Waals surface area contributed by atoms with Gasteiger partial charge in [0.15, 0.2) is 0 Å². The van der Waals surface area contributed by atoms with Crippen molar-refractivity contribution in [1.82, 2.24) is 15.1 Å². The zero-order valence-corrected chi connectivity index (χ0v) is 11.6. The molecule has 2 aromatic heterocycles. The normalized spacial score (nSPS) is 10.5. The number of aromatic nitrogens is 3. The standard InChI is InChI=1S/C14H11ClN4O2/c15-9-1-6-12(17-7-9)14-18-13(21-19-14)8-16-10-2-4-11(20)5-3-10/h1-7,16,20H,8H2. The van der Waals surface area contributed by atoms with Crippen LogP contribution in [0.2, 0.25) is 5.02 Å². The summed E-state index contributed by atoms with van der Waals surface area (Å²) in [6, 6.07) is 10.2. The molecule has 6 nitrogen and oxygen atoms in total. The maximum Gasteiger partial charge on any atom is 0.246 e. The van der Waals surface area contributed by atoms with Crippen molar-refractivity contribution in [2.24, 2.45) is 0 Å². The highest BCUT2D eigenvalue weighted by molar-refractivity contribution is 6.30. The highest BCUT2D eigenvalue weighted by atomic mass is 35.5. The molecular weight excluding hydrogens is 292 g/mol. The van der Waals surface area contributed by atoms with Crippen LogP contribution in [0.1, 0.15) is 5.89 Å². The van der Waals surface area contributed by atoms with Crippen molar-refractivity contribution in [2.75, 3.05) is 5.32 Å². The third kappa shape index (κ3) is 3.29. The average molecular weight is 303 g/mol. The van der Waals surface area contributed by atoms with Crippen LogP contribution in [0.25, 0.3) is 11.5 Å². The molecule has 0 aliphatic rings. The van der Waals surface area contributed by atoms with Gasteiger partial charge in [-0.3, -0.25) is 4.98 Å². The van der Waals surface area contributed by atoms with Gasteiger partial charge in [0.05, 0.1) is 11.6 Å². The van der Waals surface area contributed by atoms with E-state index in [9.17, 15) is 5.11 Å². The first-order valence-corrected chi connectivity index (χ1v) is 6.56. The van der Waals surface area contributed by atoms with E-state index in [1.54, 1.807) is 36.4 Å². The van der Waals surface area contributed by atoms with Crippen LogP contribution in [0.5, 0.6) is 5.75 Å². The number of aromatic hydroxyl groups is 1. The number of benzene rings is 1. The highest BCUT2D eigenvalue weighted by Crippen LogP contribution is 2.17. The quantitative estimate of drug-likeness (QED) is 0.720. The highest BCUT2D eigenvalue weighted by Gasteiger charge is 2.09. The SMILES string of the molecule is Oc1ccc(NCc2nc(-c3ccc(Cl)cn3)no2)cc1. The molecule has 2 heterocycles. The van der Waals surface area contributed by atoms with Gasteiger partial charge in [0.25, 0.3) is 0 Å². The number of hydrogen-bond donors (Lipinski definition) is 2. The van der Waals surface area contributed by atoms with Crippen LogP contribution in [0.4, 0.5) is 5.69 Å². The van der Waals surface area contributed by atoms with Crippen LogP contribution in [-0.2, 0) is 6.54 Å². The second kappa shape index (κ2) is 5.80. The van der Waals surface area contributed by atoms with Crippen LogP contribution in [0.15, 0.2) is 47.1 Å². The summed E-state index contributed by atoms with van der Waals surface area (Å²) in [5, 5.41) is 16.7. The molecular formula is C14H11ClN4O2. The van der Waals surface area contributed by atoms with E-state index in [-0.39, 0.29) is 5.75 Å². The van der Waals surface area contributed by atoms with Gasteiger partial charge in [-0.05, 0) is 36.4 Å². The zero-order chi connectivity index (χ0) is 14.7. The van der Waals surface area contributed by atoms with Crippen molar-refractivity contribution in [2.45, 2.75) is 6.54 Å². The molecule has 1 aromatic carbocycles. The maximum atomic E-state index is 9.21. The molecule has 0 radical (unpaired) electrons. The van der Waals surface area contributed by atoms with Gasteiger partial charge < -0.3 is 14.9 Å². The first kappa shape index (κ1) is 13.4. The van der Waals surface area contributed by atoms with E-state index in [4.69, 9.17) is 16.1 Å². The Morgan fingerprint density at radius 3 is 2.67 bits per heavy atom. The van der Waals surface area contributed by atoms with Gasteiger partial charge in [0.1, 0.15) is 11.4 Å². The minimum Gasteiger partial charge on any atom is -0.508 e. The molecule has 0 aliphatic heterocycles. The van der Waals surface area contributed by atoms with Crippen molar-refractivity contribution < 1.29 is 9.63 Å². The van der Waals surface area contributed by atoms with E-state index in [0.717, 1.165) is 5.69 Å². The van der Waals surface area contributed by atoms with Gasteiger partial charge in [0, 0.05) is 11.9 Å². The molecule has 0 aliphatic carbocycles. The number of nitrogens with zero attached hydrogens (tertiary/aromatic N) is 3. The second-order valence-corrected chi connectivity index (χ2v) is 4.71. The van der Waals surface area contributed by atoms with Crippen molar-refractivity contribution in [3.8, 4) is 17.3 Å². The van der Waals surface area contributed by atoms with Crippen LogP contribution in [0, 0.1) is 0 Å². The Morgan fingerprint density at radius 2 is 1.95 bits per heavy atom. The molecule has 7 heteroatoms. The number of halogens is 1. The van der Waals surface area contributed by atoms with Crippen LogP contribution < -0.4 is 5.32 Å². The lowest BCUT2D eigenvalue weighted by molar-refractivity contribution is 0.384. The fraction of sp³-hybridized carbons (Fsp3) is 0.0714. The van der Waals surface area contributed by atoms with Crippen molar-refractivity contribution in [1.29, 1.82) is 0 Å². The monoisotopic (exact) mass is 302 g/mol. The number of phenols is 1. The zero-order valence-electron chi connectivity index (χ0n) is 10.8. The van der Waals surface area contributed by atoms with E-state index in [0.29, 0.717) is 29.0 Å². The Balaban J connectivity index is 1.67. The summed E-state index contributed by atoms with van der Waals surface area (Å²) >= 11 is 5.78. The minimum atomic E-state index is 0.217. The van der Waals surface area contributed by atoms with Gasteiger partial charge in [-0.15, -0.1) is 0 Å². The van der Waals surface area contributed by atoms with Crippen LogP contribution in [0.3, 0.4) is 0 Å². The van der Waals surface area contributed by atoms with Gasteiger partial charge >= 0.3 is 0 Å². The van der Waals surface area contributed by atoms with Gasteiger partial charge in [-0.1, -0.05) is 16.8 Å². The number of hydrogen-bond acceptors (Lipinski definition) is 6. The first-order chi connectivity index (χ1) is 10.2. The lowest BCUT2D eigenvalue weighted by atomic mass is 10.3. The first-order valence-electron chi connectivity index (χ1n) is 6.18. The molecule has 106 valence electrons.